The summed E-state index contributed by atoms with van der Waals surface area (Å²) in [6, 6.07) is 88.2. The van der Waals surface area contributed by atoms with Crippen LogP contribution in [0, 0.1) is 0 Å². The first-order chi connectivity index (χ1) is 35.6. The normalized spacial score (nSPS) is 13.3. The second-order valence-electron chi connectivity index (χ2n) is 18.8. The number of para-hydroxylation sites is 3. The monoisotopic (exact) mass is 925 g/mol. The summed E-state index contributed by atoms with van der Waals surface area (Å²) in [6.07, 6.45) is 3.82. The Bertz CT molecular complexity index is 3920. The van der Waals surface area contributed by atoms with Crippen molar-refractivity contribution in [2.45, 2.75) is 5.41 Å². The Hall–Kier alpha value is -9.39. The molecule has 0 spiro atoms. The van der Waals surface area contributed by atoms with Gasteiger partial charge in [0.05, 0.1) is 33.5 Å². The lowest BCUT2D eigenvalue weighted by molar-refractivity contribution is 0.483. The number of anilines is 4. The maximum absolute atomic E-state index is 6.82. The van der Waals surface area contributed by atoms with Crippen molar-refractivity contribution < 1.29 is 4.74 Å². The zero-order valence-electron chi connectivity index (χ0n) is 39.6. The quantitative estimate of drug-likeness (QED) is 0.145. The predicted octanol–water partition coefficient (Wildman–Crippen LogP) is 16.3. The van der Waals surface area contributed by atoms with Crippen LogP contribution in [0.3, 0.4) is 0 Å². The molecule has 10 aromatic carbocycles. The molecule has 0 saturated heterocycles. The number of rotatable bonds is 9. The van der Waals surface area contributed by atoms with Gasteiger partial charge in [-0.1, -0.05) is 176 Å². The number of hydrogen-bond donors (Lipinski definition) is 0. The molecule has 6 heteroatoms. The highest BCUT2D eigenvalue weighted by atomic mass is 16.5. The number of fused-ring (bicyclic) bond motifs is 7. The van der Waals surface area contributed by atoms with Crippen molar-refractivity contribution in [2.75, 3.05) is 16.5 Å². The number of benzene rings is 10. The van der Waals surface area contributed by atoms with Crippen LogP contribution in [-0.4, -0.2) is 20.8 Å². The highest BCUT2D eigenvalue weighted by molar-refractivity contribution is 6.09. The van der Waals surface area contributed by atoms with Crippen molar-refractivity contribution in [1.29, 1.82) is 0 Å². The van der Waals surface area contributed by atoms with Gasteiger partial charge in [0.15, 0.2) is 0 Å². The third-order valence-electron chi connectivity index (χ3n) is 14.9. The van der Waals surface area contributed by atoms with Crippen LogP contribution in [-0.2, 0) is 12.5 Å². The lowest BCUT2D eigenvalue weighted by Gasteiger charge is -2.36. The van der Waals surface area contributed by atoms with Gasteiger partial charge in [-0.2, -0.15) is 0 Å². The summed E-state index contributed by atoms with van der Waals surface area (Å²) < 4.78 is 11.1. The molecule has 342 valence electrons. The van der Waals surface area contributed by atoms with Crippen LogP contribution >= 0.6 is 0 Å². The summed E-state index contributed by atoms with van der Waals surface area (Å²) in [5, 5.41) is 2.32. The van der Waals surface area contributed by atoms with Gasteiger partial charge in [0.25, 0.3) is 0 Å². The fourth-order valence-corrected chi connectivity index (χ4v) is 11.8. The number of aromatic nitrogens is 3. The van der Waals surface area contributed by atoms with E-state index >= 15 is 0 Å². The molecule has 1 aliphatic heterocycles. The average Bonchev–Trinajstić information content (AvgIpc) is 4.21. The summed E-state index contributed by atoms with van der Waals surface area (Å²) in [5.74, 6) is 2.36. The van der Waals surface area contributed by atoms with E-state index in [0.29, 0.717) is 6.67 Å². The molecule has 0 bridgehead atoms. The Morgan fingerprint density at radius 2 is 1.01 bits per heavy atom. The standard InChI is InChI=1S/C66H47N5O/c1-68-39-38-67-65(68)71-60-33-16-13-30-54(60)55-37-36-51(43-63(55)71)72-50-27-19-26-49(42-50)69-44-70(62-35-18-17-34-61(62)69)64-56(45-20-5-2-6-21-45)40-48(41-57(64)46-22-7-3-8-23-46)66(47-24-9-4-10-25-47)58-31-14-11-28-52(58)53-29-12-15-32-59(53)66/h2-43H,44H2,1H3. The highest BCUT2D eigenvalue weighted by Gasteiger charge is 2.47. The van der Waals surface area contributed by atoms with Crippen molar-refractivity contribution >= 4 is 44.6 Å². The van der Waals surface area contributed by atoms with E-state index in [-0.39, 0.29) is 0 Å². The molecule has 14 rings (SSSR count). The van der Waals surface area contributed by atoms with E-state index in [9.17, 15) is 0 Å². The first-order valence-electron chi connectivity index (χ1n) is 24.6. The van der Waals surface area contributed by atoms with Gasteiger partial charge >= 0.3 is 0 Å². The molecule has 2 aromatic heterocycles. The van der Waals surface area contributed by atoms with E-state index in [2.05, 4.69) is 256 Å². The highest BCUT2D eigenvalue weighted by Crippen LogP contribution is 2.59. The molecule has 0 amide bonds. The molecule has 6 nitrogen and oxygen atoms in total. The van der Waals surface area contributed by atoms with Gasteiger partial charge < -0.3 is 19.1 Å². The SMILES string of the molecule is Cn1ccnc1-n1c2ccccc2c2ccc(Oc3cccc(N4CN(c5c(-c6ccccc6)cc(C6(c7ccccc7)c7ccccc7-c7ccccc76)cc5-c5ccccc5)c5ccccc54)c3)cc21. The largest absolute Gasteiger partial charge is 0.457 e. The summed E-state index contributed by atoms with van der Waals surface area (Å²) in [5.41, 5.74) is 18.2. The first-order valence-corrected chi connectivity index (χ1v) is 24.6. The van der Waals surface area contributed by atoms with E-state index in [1.807, 2.05) is 25.5 Å². The second-order valence-corrected chi connectivity index (χ2v) is 18.8. The topological polar surface area (TPSA) is 38.5 Å². The van der Waals surface area contributed by atoms with Crippen molar-refractivity contribution in [3.05, 3.63) is 277 Å². The van der Waals surface area contributed by atoms with Gasteiger partial charge in [-0.05, 0) is 99.1 Å². The van der Waals surface area contributed by atoms with Gasteiger partial charge in [0.1, 0.15) is 18.2 Å². The van der Waals surface area contributed by atoms with Crippen molar-refractivity contribution in [3.8, 4) is 50.8 Å². The van der Waals surface area contributed by atoms with Crippen LogP contribution in [0.25, 0.3) is 61.1 Å². The molecule has 3 heterocycles. The zero-order valence-corrected chi connectivity index (χ0v) is 39.6. The maximum Gasteiger partial charge on any atom is 0.214 e. The molecule has 0 N–H and O–H groups in total. The number of ether oxygens (including phenoxy) is 1. The summed E-state index contributed by atoms with van der Waals surface area (Å²) >= 11 is 0. The van der Waals surface area contributed by atoms with E-state index in [1.54, 1.807) is 0 Å². The lowest BCUT2D eigenvalue weighted by Crippen LogP contribution is -2.29. The van der Waals surface area contributed by atoms with Gasteiger partial charge in [-0.25, -0.2) is 4.98 Å². The molecule has 0 unspecified atom stereocenters. The maximum atomic E-state index is 6.82. The molecule has 0 fully saturated rings. The van der Waals surface area contributed by atoms with Gasteiger partial charge in [-0.15, -0.1) is 0 Å². The minimum absolute atomic E-state index is 0.576. The van der Waals surface area contributed by atoms with Crippen LogP contribution in [0.2, 0.25) is 0 Å². The Labute approximate surface area is 418 Å². The van der Waals surface area contributed by atoms with Crippen LogP contribution < -0.4 is 14.5 Å². The molecule has 2 aliphatic rings. The van der Waals surface area contributed by atoms with Crippen LogP contribution in [0.5, 0.6) is 11.5 Å². The Morgan fingerprint density at radius 1 is 0.444 bits per heavy atom. The minimum Gasteiger partial charge on any atom is -0.457 e. The average molecular weight is 926 g/mol. The number of nitrogens with zero attached hydrogens (tertiary/aromatic N) is 5. The Balaban J connectivity index is 0.926. The lowest BCUT2D eigenvalue weighted by atomic mass is 9.66. The number of imidazole rings is 1. The van der Waals surface area contributed by atoms with Crippen molar-refractivity contribution in [3.63, 3.8) is 0 Å². The van der Waals surface area contributed by atoms with Gasteiger partial charge in [0, 0.05) is 59.2 Å². The van der Waals surface area contributed by atoms with Crippen LogP contribution in [0.15, 0.2) is 255 Å². The van der Waals surface area contributed by atoms with E-state index < -0.39 is 5.41 Å². The third-order valence-corrected chi connectivity index (χ3v) is 14.9. The molecular formula is C66H47N5O. The van der Waals surface area contributed by atoms with E-state index in [1.165, 1.54) is 38.8 Å². The molecule has 1 aliphatic carbocycles. The summed E-state index contributed by atoms with van der Waals surface area (Å²) in [7, 11) is 2.03. The fourth-order valence-electron chi connectivity index (χ4n) is 11.8. The third kappa shape index (κ3) is 6.39. The predicted molar refractivity (Wildman–Crippen MR) is 294 cm³/mol. The summed E-state index contributed by atoms with van der Waals surface area (Å²) in [4.78, 5) is 9.68. The molecule has 0 atom stereocenters. The van der Waals surface area contributed by atoms with Crippen LogP contribution in [0.4, 0.5) is 22.7 Å². The van der Waals surface area contributed by atoms with Crippen molar-refractivity contribution in [1.82, 2.24) is 14.1 Å². The smallest absolute Gasteiger partial charge is 0.214 e. The Morgan fingerprint density at radius 3 is 1.68 bits per heavy atom. The molecular weight excluding hydrogens is 879 g/mol. The molecule has 12 aromatic rings. The second kappa shape index (κ2) is 16.6. The zero-order chi connectivity index (χ0) is 47.8. The fraction of sp³-hybridized carbons (Fsp3) is 0.0455. The summed E-state index contributed by atoms with van der Waals surface area (Å²) in [6.45, 7) is 0.576. The molecule has 0 radical (unpaired) electrons. The minimum atomic E-state index is -0.589. The van der Waals surface area contributed by atoms with Gasteiger partial charge in [0.2, 0.25) is 5.95 Å². The Kier molecular flexibility index (Phi) is 9.61. The molecule has 72 heavy (non-hydrogen) atoms. The number of aryl methyl sites for hydroxylation is 1. The van der Waals surface area contributed by atoms with Crippen molar-refractivity contribution in [2.24, 2.45) is 7.05 Å². The first kappa shape index (κ1) is 41.6. The molecule has 0 saturated carbocycles. The van der Waals surface area contributed by atoms with Gasteiger partial charge in [-0.3, -0.25) is 4.57 Å². The van der Waals surface area contributed by atoms with Crippen LogP contribution in [0.1, 0.15) is 22.3 Å². The number of hydrogen-bond acceptors (Lipinski definition) is 4. The van der Waals surface area contributed by atoms with E-state index in [0.717, 1.165) is 78.9 Å². The van der Waals surface area contributed by atoms with E-state index in [4.69, 9.17) is 9.72 Å².